The van der Waals surface area contributed by atoms with Crippen LogP contribution < -0.4 is 5.32 Å². The van der Waals surface area contributed by atoms with E-state index in [0.717, 1.165) is 25.2 Å². The van der Waals surface area contributed by atoms with Crippen molar-refractivity contribution < 1.29 is 4.79 Å². The Morgan fingerprint density at radius 1 is 1.39 bits per heavy atom. The molecule has 1 aromatic rings. The molecule has 3 rings (SSSR count). The van der Waals surface area contributed by atoms with Gasteiger partial charge in [-0.1, -0.05) is 0 Å². The number of likely N-dealkylation sites (tertiary alicyclic amines) is 1. The summed E-state index contributed by atoms with van der Waals surface area (Å²) in [6, 6.07) is 0.633. The Balaban J connectivity index is 1.85. The van der Waals surface area contributed by atoms with Crippen molar-refractivity contribution in [3.63, 3.8) is 0 Å². The molecule has 3 atom stereocenters. The maximum Gasteiger partial charge on any atom is 0.274 e. The molecule has 96 valence electrons. The third kappa shape index (κ3) is 1.79. The monoisotopic (exact) mass is 246 g/mol. The van der Waals surface area contributed by atoms with Crippen molar-refractivity contribution in [1.29, 1.82) is 0 Å². The maximum atomic E-state index is 12.5. The van der Waals surface area contributed by atoms with Crippen LogP contribution in [0.1, 0.15) is 29.5 Å². The highest BCUT2D eigenvalue weighted by atomic mass is 16.2. The molecule has 2 aliphatic heterocycles. The molecule has 0 aromatic carbocycles. The van der Waals surface area contributed by atoms with E-state index in [9.17, 15) is 4.79 Å². The molecule has 1 N–H and O–H groups in total. The number of nitrogens with one attached hydrogen (secondary N) is 1. The van der Waals surface area contributed by atoms with E-state index in [1.165, 1.54) is 0 Å². The second-order valence-corrected chi connectivity index (χ2v) is 5.33. The Bertz CT molecular complexity index is 459. The summed E-state index contributed by atoms with van der Waals surface area (Å²) in [5, 5.41) is 3.36. The van der Waals surface area contributed by atoms with Crippen LogP contribution in [-0.4, -0.2) is 45.9 Å². The van der Waals surface area contributed by atoms with E-state index in [-0.39, 0.29) is 5.91 Å². The summed E-state index contributed by atoms with van der Waals surface area (Å²) in [5.41, 5.74) is 1.29. The Hall–Kier alpha value is -1.49. The van der Waals surface area contributed by atoms with Crippen LogP contribution >= 0.6 is 0 Å². The quantitative estimate of drug-likeness (QED) is 0.788. The predicted octanol–water partition coefficient (Wildman–Crippen LogP) is 0.607. The molecular weight excluding hydrogens is 228 g/mol. The normalized spacial score (nSPS) is 30.6. The summed E-state index contributed by atoms with van der Waals surface area (Å²) in [6.45, 7) is 5.92. The lowest BCUT2D eigenvalue weighted by Gasteiger charge is -2.27. The Morgan fingerprint density at radius 2 is 2.22 bits per heavy atom. The van der Waals surface area contributed by atoms with Gasteiger partial charge in [-0.05, 0) is 26.2 Å². The molecule has 0 bridgehead atoms. The van der Waals surface area contributed by atoms with Gasteiger partial charge in [0.15, 0.2) is 0 Å². The molecular formula is C13H18N4O. The lowest BCUT2D eigenvalue weighted by Crippen LogP contribution is -2.43. The minimum Gasteiger partial charge on any atom is -0.330 e. The molecule has 5 nitrogen and oxygen atoms in total. The number of carbonyl (C=O) groups is 1. The molecule has 18 heavy (non-hydrogen) atoms. The summed E-state index contributed by atoms with van der Waals surface area (Å²) >= 11 is 0. The van der Waals surface area contributed by atoms with Gasteiger partial charge in [0, 0.05) is 31.4 Å². The van der Waals surface area contributed by atoms with E-state index in [0.29, 0.717) is 23.7 Å². The fourth-order valence-electron chi connectivity index (χ4n) is 3.15. The van der Waals surface area contributed by atoms with Crippen molar-refractivity contribution >= 4 is 5.91 Å². The van der Waals surface area contributed by atoms with E-state index in [2.05, 4.69) is 22.2 Å². The van der Waals surface area contributed by atoms with Crippen molar-refractivity contribution in [3.05, 3.63) is 23.8 Å². The Morgan fingerprint density at radius 3 is 2.94 bits per heavy atom. The van der Waals surface area contributed by atoms with Crippen molar-refractivity contribution in [2.24, 2.45) is 5.92 Å². The molecule has 5 heteroatoms. The Labute approximate surface area is 107 Å². The first-order valence-corrected chi connectivity index (χ1v) is 6.49. The van der Waals surface area contributed by atoms with Gasteiger partial charge >= 0.3 is 0 Å². The molecule has 3 heterocycles. The lowest BCUT2D eigenvalue weighted by atomic mass is 10.0. The van der Waals surface area contributed by atoms with Gasteiger partial charge in [-0.2, -0.15) is 0 Å². The lowest BCUT2D eigenvalue weighted by molar-refractivity contribution is 0.0675. The van der Waals surface area contributed by atoms with Gasteiger partial charge in [0.25, 0.3) is 5.91 Å². The van der Waals surface area contributed by atoms with Crippen molar-refractivity contribution in [3.8, 4) is 0 Å². The van der Waals surface area contributed by atoms with E-state index >= 15 is 0 Å². The predicted molar refractivity (Wildman–Crippen MR) is 67.2 cm³/mol. The van der Waals surface area contributed by atoms with Gasteiger partial charge in [0.05, 0.1) is 11.9 Å². The molecule has 0 radical (unpaired) electrons. The summed E-state index contributed by atoms with van der Waals surface area (Å²) in [5.74, 6) is 0.619. The second kappa shape index (κ2) is 4.31. The maximum absolute atomic E-state index is 12.5. The number of carbonyl (C=O) groups excluding carboxylic acids is 1. The number of nitrogens with zero attached hydrogens (tertiary/aromatic N) is 3. The van der Waals surface area contributed by atoms with Crippen molar-refractivity contribution in [1.82, 2.24) is 20.2 Å². The highest BCUT2D eigenvalue weighted by molar-refractivity contribution is 5.92. The third-order valence-corrected chi connectivity index (χ3v) is 4.01. The largest absolute Gasteiger partial charge is 0.330 e. The van der Waals surface area contributed by atoms with Gasteiger partial charge in [-0.3, -0.25) is 9.78 Å². The van der Waals surface area contributed by atoms with Gasteiger partial charge in [-0.15, -0.1) is 0 Å². The number of aryl methyl sites for hydroxylation is 1. The minimum absolute atomic E-state index is 0.0196. The summed E-state index contributed by atoms with van der Waals surface area (Å²) in [6.07, 6.45) is 4.32. The third-order valence-electron chi connectivity index (χ3n) is 4.01. The van der Waals surface area contributed by atoms with Crippen LogP contribution in [0.15, 0.2) is 12.4 Å². The zero-order chi connectivity index (χ0) is 12.7. The standard InChI is InChI=1S/C13H18N4O/c1-8-4-16-11(6-15-8)13(18)17-9(2)3-10-5-14-7-12(10)17/h4,6,9-10,12,14H,3,5,7H2,1-2H3. The van der Waals surface area contributed by atoms with Crippen LogP contribution in [0.5, 0.6) is 0 Å². The molecule has 2 aliphatic rings. The van der Waals surface area contributed by atoms with Crippen LogP contribution in [0.4, 0.5) is 0 Å². The van der Waals surface area contributed by atoms with E-state index in [4.69, 9.17) is 0 Å². The summed E-state index contributed by atoms with van der Waals surface area (Å²) in [4.78, 5) is 22.9. The molecule has 2 saturated heterocycles. The van der Waals surface area contributed by atoms with Crippen LogP contribution in [0.3, 0.4) is 0 Å². The topological polar surface area (TPSA) is 58.1 Å². The molecule has 1 amide bonds. The van der Waals surface area contributed by atoms with E-state index < -0.39 is 0 Å². The van der Waals surface area contributed by atoms with Gasteiger partial charge < -0.3 is 10.2 Å². The van der Waals surface area contributed by atoms with Crippen LogP contribution in [0.25, 0.3) is 0 Å². The first-order valence-electron chi connectivity index (χ1n) is 6.49. The number of aromatic nitrogens is 2. The van der Waals surface area contributed by atoms with E-state index in [1.54, 1.807) is 12.4 Å². The molecule has 3 unspecified atom stereocenters. The zero-order valence-electron chi connectivity index (χ0n) is 10.8. The van der Waals surface area contributed by atoms with Crippen LogP contribution in [0, 0.1) is 12.8 Å². The van der Waals surface area contributed by atoms with Gasteiger partial charge in [0.2, 0.25) is 0 Å². The smallest absolute Gasteiger partial charge is 0.274 e. The minimum atomic E-state index is 0.0196. The number of amides is 1. The average Bonchev–Trinajstić information content (AvgIpc) is 2.89. The SMILES string of the molecule is Cc1cnc(C(=O)N2C(C)CC3CNCC32)cn1. The second-order valence-electron chi connectivity index (χ2n) is 5.33. The van der Waals surface area contributed by atoms with Crippen LogP contribution in [-0.2, 0) is 0 Å². The molecule has 0 spiro atoms. The fourth-order valence-corrected chi connectivity index (χ4v) is 3.15. The highest BCUT2D eigenvalue weighted by Gasteiger charge is 2.44. The number of rotatable bonds is 1. The summed E-state index contributed by atoms with van der Waals surface area (Å²) in [7, 11) is 0. The number of fused-ring (bicyclic) bond motifs is 1. The molecule has 0 aliphatic carbocycles. The Kier molecular flexibility index (Phi) is 2.78. The zero-order valence-corrected chi connectivity index (χ0v) is 10.8. The molecule has 1 aromatic heterocycles. The first-order chi connectivity index (χ1) is 8.66. The average molecular weight is 246 g/mol. The first kappa shape index (κ1) is 11.6. The fraction of sp³-hybridized carbons (Fsp3) is 0.615. The van der Waals surface area contributed by atoms with Crippen molar-refractivity contribution in [2.45, 2.75) is 32.4 Å². The molecule has 2 fully saturated rings. The molecule has 0 saturated carbocycles. The van der Waals surface area contributed by atoms with Crippen molar-refractivity contribution in [2.75, 3.05) is 13.1 Å². The van der Waals surface area contributed by atoms with Gasteiger partial charge in [0.1, 0.15) is 5.69 Å². The number of hydrogen-bond acceptors (Lipinski definition) is 4. The number of hydrogen-bond donors (Lipinski definition) is 1. The van der Waals surface area contributed by atoms with Gasteiger partial charge in [-0.25, -0.2) is 4.98 Å². The van der Waals surface area contributed by atoms with Crippen LogP contribution in [0.2, 0.25) is 0 Å². The summed E-state index contributed by atoms with van der Waals surface area (Å²) < 4.78 is 0. The highest BCUT2D eigenvalue weighted by Crippen LogP contribution is 2.32. The van der Waals surface area contributed by atoms with E-state index in [1.807, 2.05) is 11.8 Å².